The van der Waals surface area contributed by atoms with Crippen LogP contribution in [0.4, 0.5) is 20.6 Å². The first-order valence-corrected chi connectivity index (χ1v) is 10.5. The van der Waals surface area contributed by atoms with E-state index in [1.807, 2.05) is 5.32 Å². The van der Waals surface area contributed by atoms with Gasteiger partial charge in [-0.2, -0.15) is 0 Å². The first-order valence-electron chi connectivity index (χ1n) is 10.5. The Morgan fingerprint density at radius 3 is 2.56 bits per heavy atom. The highest BCUT2D eigenvalue weighted by Gasteiger charge is 2.38. The molecule has 4 rings (SSSR count). The number of nitrogens with zero attached hydrogens (tertiary/aromatic N) is 2. The van der Waals surface area contributed by atoms with Crippen LogP contribution in [0, 0.1) is 15.9 Å². The summed E-state index contributed by atoms with van der Waals surface area (Å²) in [5, 5.41) is 13.1. The maximum absolute atomic E-state index is 14.3. The minimum absolute atomic E-state index is 0.0645. The van der Waals surface area contributed by atoms with Crippen molar-refractivity contribution >= 4 is 35.3 Å². The fourth-order valence-electron chi connectivity index (χ4n) is 3.47. The first kappa shape index (κ1) is 24.1. The number of hydrogen-bond acceptors (Lipinski definition) is 7. The van der Waals surface area contributed by atoms with E-state index in [2.05, 4.69) is 0 Å². The number of urea groups is 1. The van der Waals surface area contributed by atoms with Gasteiger partial charge in [0.05, 0.1) is 17.7 Å². The van der Waals surface area contributed by atoms with Crippen molar-refractivity contribution in [3.05, 3.63) is 99.4 Å². The van der Waals surface area contributed by atoms with Gasteiger partial charge >= 0.3 is 6.03 Å². The maximum atomic E-state index is 14.3. The number of hydrogen-bond donors (Lipinski definition) is 1. The van der Waals surface area contributed by atoms with Crippen molar-refractivity contribution in [2.24, 2.45) is 0 Å². The number of halogens is 1. The second kappa shape index (κ2) is 10.1. The molecule has 1 aliphatic heterocycles. The minimum atomic E-state index is -1.08. The van der Waals surface area contributed by atoms with Crippen molar-refractivity contribution in [1.29, 1.82) is 0 Å². The third kappa shape index (κ3) is 4.89. The molecule has 10 nitrogen and oxygen atoms in total. The third-order valence-corrected chi connectivity index (χ3v) is 5.23. The lowest BCUT2D eigenvalue weighted by molar-refractivity contribution is -0.384. The summed E-state index contributed by atoms with van der Waals surface area (Å²) in [6.45, 7) is -0.0645. The Morgan fingerprint density at radius 1 is 1.06 bits per heavy atom. The lowest BCUT2D eigenvalue weighted by atomic mass is 10.1. The molecule has 11 heteroatoms. The number of ether oxygens (including phenoxy) is 2. The molecule has 0 radical (unpaired) electrons. The van der Waals surface area contributed by atoms with Gasteiger partial charge in [-0.15, -0.1) is 0 Å². The Balaban J connectivity index is 1.69. The number of nitro groups is 1. The molecule has 1 heterocycles. The number of non-ortho nitro benzene ring substituents is 1. The van der Waals surface area contributed by atoms with Gasteiger partial charge in [-0.3, -0.25) is 25.0 Å². The van der Waals surface area contributed by atoms with E-state index in [4.69, 9.17) is 9.47 Å². The van der Waals surface area contributed by atoms with Gasteiger partial charge in [-0.05, 0) is 35.9 Å². The van der Waals surface area contributed by atoms with Gasteiger partial charge in [-0.1, -0.05) is 24.3 Å². The van der Waals surface area contributed by atoms with Gasteiger partial charge in [0.25, 0.3) is 17.5 Å². The number of barbiturate groups is 1. The second-order valence-corrected chi connectivity index (χ2v) is 7.53. The van der Waals surface area contributed by atoms with Crippen molar-refractivity contribution in [3.8, 4) is 11.5 Å². The zero-order valence-electron chi connectivity index (χ0n) is 18.8. The lowest BCUT2D eigenvalue weighted by Gasteiger charge is -2.26. The molecule has 182 valence electrons. The van der Waals surface area contributed by atoms with E-state index in [0.717, 1.165) is 6.07 Å². The molecule has 3 aromatic carbocycles. The van der Waals surface area contributed by atoms with Gasteiger partial charge < -0.3 is 9.47 Å². The Bertz CT molecular complexity index is 1420. The van der Waals surface area contributed by atoms with Crippen molar-refractivity contribution < 1.29 is 33.2 Å². The van der Waals surface area contributed by atoms with Crippen LogP contribution >= 0.6 is 0 Å². The molecule has 0 saturated carbocycles. The molecule has 4 amide bonds. The molecule has 0 aliphatic carbocycles. The van der Waals surface area contributed by atoms with E-state index >= 15 is 0 Å². The van der Waals surface area contributed by atoms with Crippen LogP contribution in [0.25, 0.3) is 6.08 Å². The summed E-state index contributed by atoms with van der Waals surface area (Å²) >= 11 is 0. The Hall–Kier alpha value is -5.06. The van der Waals surface area contributed by atoms with Crippen LogP contribution in [-0.2, 0) is 16.2 Å². The number of nitro benzene ring substituents is 1. The molecular weight excluding hydrogens is 473 g/mol. The van der Waals surface area contributed by atoms with Gasteiger partial charge in [0, 0.05) is 23.8 Å². The van der Waals surface area contributed by atoms with Crippen LogP contribution in [0.15, 0.2) is 72.3 Å². The number of methoxy groups -OCH3 is 1. The standard InChI is InChI=1S/C25H18FN3O7/c1-35-18-10-9-16(22(13-18)36-14-15-5-4-6-17(11-15)29(33)34)12-19-23(30)27-25(32)28(24(19)31)21-8-3-2-7-20(21)26/h2-13H,14H2,1H3,(H,27,30,32)/b19-12-. The van der Waals surface area contributed by atoms with Crippen LogP contribution in [-0.4, -0.2) is 29.9 Å². The molecule has 0 atom stereocenters. The molecule has 36 heavy (non-hydrogen) atoms. The number of nitrogens with one attached hydrogen (secondary N) is 1. The molecule has 1 aliphatic rings. The number of carbonyl (C=O) groups is 3. The normalized spacial score (nSPS) is 14.6. The smallest absolute Gasteiger partial charge is 0.336 e. The van der Waals surface area contributed by atoms with Crippen LogP contribution in [0.3, 0.4) is 0 Å². The number of rotatable bonds is 7. The number of benzene rings is 3. The SMILES string of the molecule is COc1ccc(/C=C2/C(=O)NC(=O)N(c3ccccc3F)C2=O)c(OCc2cccc([N+](=O)[O-])c2)c1. The van der Waals surface area contributed by atoms with Crippen molar-refractivity contribution in [2.75, 3.05) is 12.0 Å². The van der Waals surface area contributed by atoms with Gasteiger partial charge in [0.15, 0.2) is 0 Å². The summed E-state index contributed by atoms with van der Waals surface area (Å²) in [6.07, 6.45) is 1.21. The monoisotopic (exact) mass is 491 g/mol. The number of anilines is 1. The average molecular weight is 491 g/mol. The Morgan fingerprint density at radius 2 is 1.83 bits per heavy atom. The van der Waals surface area contributed by atoms with Crippen LogP contribution in [0.5, 0.6) is 11.5 Å². The highest BCUT2D eigenvalue weighted by Crippen LogP contribution is 2.30. The van der Waals surface area contributed by atoms with Crippen LogP contribution in [0.2, 0.25) is 0 Å². The molecule has 1 fully saturated rings. The van der Waals surface area contributed by atoms with E-state index in [0.29, 0.717) is 16.2 Å². The number of amides is 4. The van der Waals surface area contributed by atoms with Gasteiger partial charge in [0.2, 0.25) is 0 Å². The van der Waals surface area contributed by atoms with E-state index in [1.54, 1.807) is 12.1 Å². The molecule has 3 aromatic rings. The van der Waals surface area contributed by atoms with E-state index in [9.17, 15) is 28.9 Å². The Labute approximate surface area is 203 Å². The molecule has 0 spiro atoms. The third-order valence-electron chi connectivity index (χ3n) is 5.23. The number of para-hydroxylation sites is 1. The number of imide groups is 2. The summed E-state index contributed by atoms with van der Waals surface area (Å²) in [6, 6.07) is 14.5. The molecule has 1 saturated heterocycles. The summed E-state index contributed by atoms with van der Waals surface area (Å²) in [5.41, 5.74) is -0.0547. The van der Waals surface area contributed by atoms with E-state index < -0.39 is 34.2 Å². The molecule has 0 unspecified atom stereocenters. The maximum Gasteiger partial charge on any atom is 0.336 e. The summed E-state index contributed by atoms with van der Waals surface area (Å²) in [5.74, 6) is -2.19. The quantitative estimate of drug-likeness (QED) is 0.229. The first-order chi connectivity index (χ1) is 17.3. The van der Waals surface area contributed by atoms with E-state index in [-0.39, 0.29) is 29.3 Å². The fraction of sp³-hybridized carbons (Fsp3) is 0.0800. The highest BCUT2D eigenvalue weighted by atomic mass is 19.1. The average Bonchev–Trinajstić information content (AvgIpc) is 2.86. The van der Waals surface area contributed by atoms with Crippen molar-refractivity contribution in [1.82, 2.24) is 5.32 Å². The van der Waals surface area contributed by atoms with Crippen LogP contribution < -0.4 is 19.7 Å². The van der Waals surface area contributed by atoms with Crippen LogP contribution in [0.1, 0.15) is 11.1 Å². The molecular formula is C25H18FN3O7. The Kier molecular flexibility index (Phi) is 6.72. The predicted molar refractivity (Wildman–Crippen MR) is 126 cm³/mol. The second-order valence-electron chi connectivity index (χ2n) is 7.53. The zero-order chi connectivity index (χ0) is 25.8. The zero-order valence-corrected chi connectivity index (χ0v) is 18.8. The topological polar surface area (TPSA) is 128 Å². The summed E-state index contributed by atoms with van der Waals surface area (Å²) in [4.78, 5) is 49.0. The number of carbonyl (C=O) groups excluding carboxylic acids is 3. The largest absolute Gasteiger partial charge is 0.497 e. The van der Waals surface area contributed by atoms with Crippen molar-refractivity contribution in [3.63, 3.8) is 0 Å². The van der Waals surface area contributed by atoms with Gasteiger partial charge in [-0.25, -0.2) is 14.1 Å². The molecule has 1 N–H and O–H groups in total. The predicted octanol–water partition coefficient (Wildman–Crippen LogP) is 3.99. The highest BCUT2D eigenvalue weighted by molar-refractivity contribution is 6.39. The van der Waals surface area contributed by atoms with E-state index in [1.165, 1.54) is 61.7 Å². The lowest BCUT2D eigenvalue weighted by Crippen LogP contribution is -2.54. The molecule has 0 bridgehead atoms. The summed E-state index contributed by atoms with van der Waals surface area (Å²) < 4.78 is 25.4. The van der Waals surface area contributed by atoms with Gasteiger partial charge in [0.1, 0.15) is 29.5 Å². The minimum Gasteiger partial charge on any atom is -0.497 e. The van der Waals surface area contributed by atoms with Crippen molar-refractivity contribution in [2.45, 2.75) is 6.61 Å². The fourth-order valence-corrected chi connectivity index (χ4v) is 3.47. The summed E-state index contributed by atoms with van der Waals surface area (Å²) in [7, 11) is 1.44. The molecule has 0 aromatic heterocycles.